The molecule has 55 heavy (non-hydrogen) atoms. The van der Waals surface area contributed by atoms with Crippen molar-refractivity contribution >= 4 is 51.0 Å². The predicted molar refractivity (Wildman–Crippen MR) is 203 cm³/mol. The molecule has 1 aromatic heterocycles. The van der Waals surface area contributed by atoms with Crippen molar-refractivity contribution in [1.29, 1.82) is 0 Å². The van der Waals surface area contributed by atoms with Crippen LogP contribution >= 0.6 is 0 Å². The van der Waals surface area contributed by atoms with E-state index in [4.69, 9.17) is 9.47 Å². The first kappa shape index (κ1) is 38.7. The Labute approximate surface area is 321 Å². The third-order valence-corrected chi connectivity index (χ3v) is 14.2. The van der Waals surface area contributed by atoms with Crippen molar-refractivity contribution in [2.45, 2.75) is 138 Å². The van der Waals surface area contributed by atoms with Gasteiger partial charge in [-0.2, -0.15) is 0 Å². The number of sulfonamides is 1. The SMILES string of the molecule is CC(C)(C)OC(=O)N[C@H]1CCCCC/C=C\[C@@H]2CC[C@@]2(C(=O)NS(=O)(=O)C2(C)CC2)NC(=O)[C@@H]2C[C@]3(CCc4c(c(C=O)nc5ccccc45)O3)CN2C1=O. The van der Waals surface area contributed by atoms with Gasteiger partial charge in [0, 0.05) is 23.3 Å². The van der Waals surface area contributed by atoms with Gasteiger partial charge in [0.05, 0.1) is 16.8 Å². The van der Waals surface area contributed by atoms with Crippen molar-refractivity contribution < 1.29 is 41.9 Å². The zero-order valence-electron chi connectivity index (χ0n) is 31.9. The molecule has 2 aromatic rings. The lowest BCUT2D eigenvalue weighted by Crippen LogP contribution is -2.70. The molecule has 5 aliphatic rings. The minimum atomic E-state index is -4.02. The van der Waals surface area contributed by atoms with Crippen LogP contribution in [0.15, 0.2) is 36.4 Å². The lowest BCUT2D eigenvalue weighted by Gasteiger charge is -2.48. The van der Waals surface area contributed by atoms with Gasteiger partial charge in [-0.15, -0.1) is 0 Å². The number of alkyl carbamates (subject to hydrolysis) is 1. The smallest absolute Gasteiger partial charge is 0.408 e. The molecule has 4 heterocycles. The highest BCUT2D eigenvalue weighted by molar-refractivity contribution is 7.91. The zero-order chi connectivity index (χ0) is 39.4. The number of carbonyl (C=O) groups is 5. The molecule has 2 saturated carbocycles. The molecule has 0 radical (unpaired) electrons. The van der Waals surface area contributed by atoms with Gasteiger partial charge in [0.25, 0.3) is 5.91 Å². The monoisotopic (exact) mass is 777 g/mol. The van der Waals surface area contributed by atoms with Gasteiger partial charge in [0.2, 0.25) is 21.8 Å². The highest BCUT2D eigenvalue weighted by atomic mass is 32.2. The van der Waals surface area contributed by atoms with E-state index in [1.54, 1.807) is 27.7 Å². The van der Waals surface area contributed by atoms with E-state index < -0.39 is 73.3 Å². The van der Waals surface area contributed by atoms with Gasteiger partial charge in [-0.3, -0.25) is 23.9 Å². The molecule has 3 N–H and O–H groups in total. The van der Waals surface area contributed by atoms with Crippen LogP contribution in [-0.4, -0.2) is 88.5 Å². The zero-order valence-corrected chi connectivity index (χ0v) is 32.8. The number of hydrogen-bond acceptors (Lipinski definition) is 10. The molecule has 296 valence electrons. The van der Waals surface area contributed by atoms with Crippen LogP contribution < -0.4 is 20.1 Å². The van der Waals surface area contributed by atoms with Crippen molar-refractivity contribution in [3.05, 3.63) is 47.7 Å². The van der Waals surface area contributed by atoms with Crippen LogP contribution in [0.25, 0.3) is 10.9 Å². The maximum atomic E-state index is 14.7. The second kappa shape index (κ2) is 14.2. The van der Waals surface area contributed by atoms with Crippen molar-refractivity contribution in [3.63, 3.8) is 0 Å². The van der Waals surface area contributed by atoms with Gasteiger partial charge < -0.3 is 25.0 Å². The number of benzene rings is 1. The largest absolute Gasteiger partial charge is 0.483 e. The minimum Gasteiger partial charge on any atom is -0.483 e. The fourth-order valence-electron chi connectivity index (χ4n) is 8.41. The first-order chi connectivity index (χ1) is 26.0. The normalized spacial score (nSPS) is 29.8. The highest BCUT2D eigenvalue weighted by Crippen LogP contribution is 2.47. The number of pyridine rings is 1. The number of carbonyl (C=O) groups excluding carboxylic acids is 5. The number of ether oxygens (including phenoxy) is 2. The number of nitrogens with zero attached hydrogens (tertiary/aromatic N) is 2. The van der Waals surface area contributed by atoms with E-state index in [9.17, 15) is 32.4 Å². The third kappa shape index (κ3) is 7.43. The van der Waals surface area contributed by atoms with Gasteiger partial charge in [0.1, 0.15) is 34.5 Å². The van der Waals surface area contributed by atoms with Crippen molar-refractivity contribution in [3.8, 4) is 5.75 Å². The Kier molecular flexibility index (Phi) is 10.00. The Morgan fingerprint density at radius 1 is 1.07 bits per heavy atom. The number of aldehydes is 1. The van der Waals surface area contributed by atoms with E-state index in [0.717, 1.165) is 23.8 Å². The fraction of sp³-hybridized carbons (Fsp3) is 0.600. The van der Waals surface area contributed by atoms with E-state index in [0.29, 0.717) is 68.9 Å². The van der Waals surface area contributed by atoms with Crippen LogP contribution in [0.2, 0.25) is 0 Å². The van der Waals surface area contributed by atoms with E-state index in [1.807, 2.05) is 36.4 Å². The number of amides is 4. The number of hydrogen-bond donors (Lipinski definition) is 3. The summed E-state index contributed by atoms with van der Waals surface area (Å²) < 4.78 is 40.1. The average Bonchev–Trinajstić information content (AvgIpc) is 3.78. The molecule has 0 unspecified atom stereocenters. The third-order valence-electron chi connectivity index (χ3n) is 12.0. The molecular formula is C40H51N5O9S. The van der Waals surface area contributed by atoms with Gasteiger partial charge in [-0.1, -0.05) is 43.2 Å². The lowest BCUT2D eigenvalue weighted by atomic mass is 9.65. The van der Waals surface area contributed by atoms with Crippen LogP contribution in [0.4, 0.5) is 4.79 Å². The number of nitrogens with one attached hydrogen (secondary N) is 3. The van der Waals surface area contributed by atoms with Crippen LogP contribution in [0.3, 0.4) is 0 Å². The van der Waals surface area contributed by atoms with Crippen molar-refractivity contribution in [2.75, 3.05) is 6.54 Å². The summed E-state index contributed by atoms with van der Waals surface area (Å²) in [6, 6.07) is 5.26. The first-order valence-corrected chi connectivity index (χ1v) is 20.9. The first-order valence-electron chi connectivity index (χ1n) is 19.4. The number of fused-ring (bicyclic) bond motifs is 5. The van der Waals surface area contributed by atoms with E-state index in [-0.39, 0.29) is 25.1 Å². The Bertz CT molecular complexity index is 2060. The lowest BCUT2D eigenvalue weighted by molar-refractivity contribution is -0.144. The maximum Gasteiger partial charge on any atom is 0.408 e. The van der Waals surface area contributed by atoms with Crippen LogP contribution in [0, 0.1) is 5.92 Å². The Morgan fingerprint density at radius 3 is 2.53 bits per heavy atom. The van der Waals surface area contributed by atoms with E-state index in [1.165, 1.54) is 4.90 Å². The molecule has 1 aromatic carbocycles. The van der Waals surface area contributed by atoms with Gasteiger partial charge in [-0.05, 0) is 91.5 Å². The van der Waals surface area contributed by atoms with Gasteiger partial charge >= 0.3 is 6.09 Å². The van der Waals surface area contributed by atoms with E-state index in [2.05, 4.69) is 20.3 Å². The molecule has 4 amide bonds. The Morgan fingerprint density at radius 2 is 1.84 bits per heavy atom. The molecule has 1 saturated heterocycles. The summed E-state index contributed by atoms with van der Waals surface area (Å²) in [4.78, 5) is 75.0. The molecule has 3 aliphatic heterocycles. The average molecular weight is 778 g/mol. The topological polar surface area (TPSA) is 190 Å². The van der Waals surface area contributed by atoms with Crippen LogP contribution in [0.5, 0.6) is 5.75 Å². The number of rotatable bonds is 5. The van der Waals surface area contributed by atoms with Gasteiger partial charge in [0.15, 0.2) is 12.0 Å². The highest BCUT2D eigenvalue weighted by Gasteiger charge is 2.59. The van der Waals surface area contributed by atoms with Crippen molar-refractivity contribution in [1.82, 2.24) is 25.2 Å². The number of allylic oxidation sites excluding steroid dienone is 1. The molecule has 3 fully saturated rings. The van der Waals surface area contributed by atoms with Crippen molar-refractivity contribution in [2.24, 2.45) is 5.92 Å². The summed E-state index contributed by atoms with van der Waals surface area (Å²) in [5, 5.41) is 6.57. The summed E-state index contributed by atoms with van der Waals surface area (Å²) in [7, 11) is -4.02. The summed E-state index contributed by atoms with van der Waals surface area (Å²) in [5.74, 6) is -2.12. The Balaban J connectivity index is 1.26. The van der Waals surface area contributed by atoms with Crippen LogP contribution in [-0.2, 0) is 35.6 Å². The number of aromatic nitrogens is 1. The summed E-state index contributed by atoms with van der Waals surface area (Å²) >= 11 is 0. The molecular weight excluding hydrogens is 727 g/mol. The van der Waals surface area contributed by atoms with Gasteiger partial charge in [-0.25, -0.2) is 18.2 Å². The number of aryl methyl sites for hydroxylation is 1. The molecule has 15 heteroatoms. The second-order valence-corrected chi connectivity index (χ2v) is 19.4. The summed E-state index contributed by atoms with van der Waals surface area (Å²) in [6.07, 6.45) is 9.33. The summed E-state index contributed by atoms with van der Waals surface area (Å²) in [5.41, 5.74) is -1.94. The molecule has 14 nitrogen and oxygen atoms in total. The molecule has 1 spiro atoms. The fourth-order valence-corrected chi connectivity index (χ4v) is 9.72. The molecule has 0 bridgehead atoms. The summed E-state index contributed by atoms with van der Waals surface area (Å²) in [6.45, 7) is 6.72. The standard InChI is InChI=1S/C40H51N5O9S/c1-37(2,3)54-36(50)42-29-15-9-7-5-6-8-12-25-16-19-40(25,35(49)44-55(51,52)38(4)20-21-38)43-33(47)31-22-39(24-45(31)34(29)48)18-17-27-26-13-10-11-14-28(26)41-30(23-46)32(27)53-39/h8,10-14,23,25,29,31H,5-7,9,15-22,24H2,1-4H3,(H,42,50)(H,43,47)(H,44,49)/b12-8-/t25-,29+,31+,39-,40-/m1/s1. The number of para-hydroxylation sites is 1. The van der Waals surface area contributed by atoms with Crippen LogP contribution in [0.1, 0.15) is 114 Å². The second-order valence-electron chi connectivity index (χ2n) is 17.2. The Hall–Kier alpha value is -4.53. The maximum absolute atomic E-state index is 14.7. The predicted octanol–water partition coefficient (Wildman–Crippen LogP) is 4.39. The molecule has 5 atom stereocenters. The minimum absolute atomic E-state index is 0.0167. The van der Waals surface area contributed by atoms with E-state index >= 15 is 0 Å². The quantitative estimate of drug-likeness (QED) is 0.290. The molecule has 2 aliphatic carbocycles. The molecule has 7 rings (SSSR count).